The number of hydrogen-bond acceptors (Lipinski definition) is 5. The van der Waals surface area contributed by atoms with E-state index < -0.39 is 10.8 Å². The Morgan fingerprint density at radius 3 is 2.83 bits per heavy atom. The molecule has 1 aromatic heterocycles. The lowest BCUT2D eigenvalue weighted by Crippen LogP contribution is -2.21. The molecule has 0 saturated carbocycles. The minimum absolute atomic E-state index is 0.555. The molecule has 0 amide bonds. The summed E-state index contributed by atoms with van der Waals surface area (Å²) in [5, 5.41) is 14.8. The lowest BCUT2D eigenvalue weighted by molar-refractivity contribution is 0.655. The van der Waals surface area contributed by atoms with Crippen LogP contribution in [0.1, 0.15) is 5.82 Å². The molecule has 1 atom stereocenters. The van der Waals surface area contributed by atoms with Gasteiger partial charge in [0, 0.05) is 29.4 Å². The zero-order valence-electron chi connectivity index (χ0n) is 10.1. The van der Waals surface area contributed by atoms with Crippen LogP contribution in [-0.4, -0.2) is 43.0 Å². The lowest BCUT2D eigenvalue weighted by Gasteiger charge is -2.05. The van der Waals surface area contributed by atoms with Crippen LogP contribution in [0.25, 0.3) is 5.69 Å². The van der Waals surface area contributed by atoms with Gasteiger partial charge in [0.15, 0.2) is 5.82 Å². The third kappa shape index (κ3) is 3.44. The number of benzene rings is 1. The second-order valence-electron chi connectivity index (χ2n) is 3.80. The predicted octanol–water partition coefficient (Wildman–Crippen LogP) is 0.130. The van der Waals surface area contributed by atoms with Crippen LogP contribution in [0.15, 0.2) is 30.3 Å². The van der Waals surface area contributed by atoms with E-state index in [4.69, 9.17) is 0 Å². The molecule has 2 rings (SSSR count). The zero-order chi connectivity index (χ0) is 12.8. The van der Waals surface area contributed by atoms with Crippen molar-refractivity contribution in [1.82, 2.24) is 25.5 Å². The highest BCUT2D eigenvalue weighted by atomic mass is 32.2. The van der Waals surface area contributed by atoms with Gasteiger partial charge in [-0.1, -0.05) is 18.2 Å². The second-order valence-corrected chi connectivity index (χ2v) is 5.35. The average molecular weight is 265 g/mol. The fourth-order valence-corrected chi connectivity index (χ4v) is 1.93. The van der Waals surface area contributed by atoms with Crippen LogP contribution >= 0.6 is 0 Å². The molecule has 0 radical (unpaired) electrons. The van der Waals surface area contributed by atoms with E-state index in [1.54, 1.807) is 10.9 Å². The number of nitrogens with zero attached hydrogens (tertiary/aromatic N) is 4. The maximum absolute atomic E-state index is 10.9. The zero-order valence-corrected chi connectivity index (χ0v) is 10.9. The molecule has 0 bridgehead atoms. The van der Waals surface area contributed by atoms with Crippen molar-refractivity contribution in [2.75, 3.05) is 18.6 Å². The Balaban J connectivity index is 1.98. The summed E-state index contributed by atoms with van der Waals surface area (Å²) in [6, 6.07) is 9.72. The van der Waals surface area contributed by atoms with Gasteiger partial charge in [-0.2, -0.15) is 4.68 Å². The molecule has 6 nitrogen and oxygen atoms in total. The van der Waals surface area contributed by atoms with E-state index in [2.05, 4.69) is 20.8 Å². The fraction of sp³-hybridized carbons (Fsp3) is 0.364. The van der Waals surface area contributed by atoms with Crippen molar-refractivity contribution in [2.24, 2.45) is 0 Å². The molecular formula is C11H15N5OS. The lowest BCUT2D eigenvalue weighted by atomic mass is 10.3. The van der Waals surface area contributed by atoms with Crippen molar-refractivity contribution < 1.29 is 4.21 Å². The van der Waals surface area contributed by atoms with Crippen LogP contribution in [0.5, 0.6) is 0 Å². The second kappa shape index (κ2) is 6.36. The Morgan fingerprint density at radius 2 is 2.11 bits per heavy atom. The van der Waals surface area contributed by atoms with Crippen LogP contribution in [-0.2, 0) is 17.3 Å². The minimum Gasteiger partial charge on any atom is -0.309 e. The first-order chi connectivity index (χ1) is 8.77. The molecule has 0 spiro atoms. The number of aromatic nitrogens is 4. The molecule has 0 aliphatic heterocycles. The summed E-state index contributed by atoms with van der Waals surface area (Å²) >= 11 is 0. The van der Waals surface area contributed by atoms with Crippen molar-refractivity contribution >= 4 is 10.8 Å². The van der Waals surface area contributed by atoms with Gasteiger partial charge >= 0.3 is 0 Å². The Bertz CT molecular complexity index is 513. The first kappa shape index (κ1) is 12.8. The Morgan fingerprint density at radius 1 is 1.33 bits per heavy atom. The largest absolute Gasteiger partial charge is 0.309 e. The molecule has 1 heterocycles. The Hall–Kier alpha value is -1.60. The summed E-state index contributed by atoms with van der Waals surface area (Å²) in [7, 11) is -0.776. The summed E-state index contributed by atoms with van der Waals surface area (Å²) in [5.74, 6) is 1.37. The first-order valence-electron chi connectivity index (χ1n) is 5.61. The highest BCUT2D eigenvalue weighted by Crippen LogP contribution is 2.06. The highest BCUT2D eigenvalue weighted by Gasteiger charge is 2.06. The summed E-state index contributed by atoms with van der Waals surface area (Å²) in [4.78, 5) is 0. The number of tetrazole rings is 1. The van der Waals surface area contributed by atoms with E-state index in [0.29, 0.717) is 18.8 Å². The van der Waals surface area contributed by atoms with E-state index in [1.807, 2.05) is 30.3 Å². The minimum atomic E-state index is -0.776. The predicted molar refractivity (Wildman–Crippen MR) is 69.8 cm³/mol. The van der Waals surface area contributed by atoms with Gasteiger partial charge in [0.25, 0.3) is 0 Å². The quantitative estimate of drug-likeness (QED) is 0.752. The Kier molecular flexibility index (Phi) is 4.54. The van der Waals surface area contributed by atoms with Gasteiger partial charge in [-0.3, -0.25) is 4.21 Å². The molecule has 0 aliphatic rings. The average Bonchev–Trinajstić information content (AvgIpc) is 2.84. The standard InChI is InChI=1S/C11H15N5OS/c1-18(17)8-7-12-9-11-13-14-15-16(11)10-5-3-2-4-6-10/h2-6,12H,7-9H2,1H3. The van der Waals surface area contributed by atoms with Crippen LogP contribution in [0.2, 0.25) is 0 Å². The molecule has 18 heavy (non-hydrogen) atoms. The van der Waals surface area contributed by atoms with E-state index >= 15 is 0 Å². The normalized spacial score (nSPS) is 12.5. The van der Waals surface area contributed by atoms with Crippen molar-refractivity contribution in [2.45, 2.75) is 6.54 Å². The number of rotatable bonds is 6. The molecule has 2 aromatic rings. The van der Waals surface area contributed by atoms with E-state index in [-0.39, 0.29) is 0 Å². The molecule has 0 saturated heterocycles. The third-order valence-electron chi connectivity index (χ3n) is 2.38. The van der Waals surface area contributed by atoms with Crippen molar-refractivity contribution in [3.8, 4) is 5.69 Å². The number of nitrogens with one attached hydrogen (secondary N) is 1. The molecule has 0 fully saturated rings. The van der Waals surface area contributed by atoms with Gasteiger partial charge in [0.05, 0.1) is 12.2 Å². The van der Waals surface area contributed by atoms with Gasteiger partial charge in [0.2, 0.25) is 0 Å². The first-order valence-corrected chi connectivity index (χ1v) is 7.33. The summed E-state index contributed by atoms with van der Waals surface area (Å²) in [6.45, 7) is 1.24. The molecule has 96 valence electrons. The molecule has 1 N–H and O–H groups in total. The SMILES string of the molecule is CS(=O)CCNCc1nnnn1-c1ccccc1. The molecular weight excluding hydrogens is 250 g/mol. The van der Waals surface area contributed by atoms with Crippen LogP contribution in [0.3, 0.4) is 0 Å². The van der Waals surface area contributed by atoms with Gasteiger partial charge < -0.3 is 5.32 Å². The smallest absolute Gasteiger partial charge is 0.170 e. The van der Waals surface area contributed by atoms with E-state index in [0.717, 1.165) is 11.5 Å². The fourth-order valence-electron chi connectivity index (χ4n) is 1.50. The topological polar surface area (TPSA) is 72.7 Å². The van der Waals surface area contributed by atoms with E-state index in [9.17, 15) is 4.21 Å². The Labute approximate surface area is 108 Å². The third-order valence-corrected chi connectivity index (χ3v) is 3.16. The maximum atomic E-state index is 10.9. The highest BCUT2D eigenvalue weighted by molar-refractivity contribution is 7.84. The van der Waals surface area contributed by atoms with Gasteiger partial charge in [0.1, 0.15) is 0 Å². The van der Waals surface area contributed by atoms with Crippen molar-refractivity contribution in [3.63, 3.8) is 0 Å². The van der Waals surface area contributed by atoms with Crippen LogP contribution in [0, 0.1) is 0 Å². The molecule has 0 aliphatic carbocycles. The van der Waals surface area contributed by atoms with Crippen LogP contribution in [0.4, 0.5) is 0 Å². The molecule has 1 unspecified atom stereocenters. The van der Waals surface area contributed by atoms with Crippen LogP contribution < -0.4 is 5.32 Å². The van der Waals surface area contributed by atoms with Crippen molar-refractivity contribution in [3.05, 3.63) is 36.2 Å². The van der Waals surface area contributed by atoms with Gasteiger partial charge in [-0.25, -0.2) is 0 Å². The van der Waals surface area contributed by atoms with Crippen molar-refractivity contribution in [1.29, 1.82) is 0 Å². The number of para-hydroxylation sites is 1. The number of hydrogen-bond donors (Lipinski definition) is 1. The monoisotopic (exact) mass is 265 g/mol. The molecule has 1 aromatic carbocycles. The van der Waals surface area contributed by atoms with E-state index in [1.165, 1.54) is 0 Å². The summed E-state index contributed by atoms with van der Waals surface area (Å²) < 4.78 is 12.6. The maximum Gasteiger partial charge on any atom is 0.170 e. The van der Waals surface area contributed by atoms with Gasteiger partial charge in [-0.05, 0) is 22.6 Å². The molecule has 7 heteroatoms. The van der Waals surface area contributed by atoms with Gasteiger partial charge in [-0.15, -0.1) is 5.10 Å². The summed E-state index contributed by atoms with van der Waals surface area (Å²) in [6.07, 6.45) is 1.69. The summed E-state index contributed by atoms with van der Waals surface area (Å²) in [5.41, 5.74) is 0.929.